The van der Waals surface area contributed by atoms with Crippen LogP contribution in [0.15, 0.2) is 41.2 Å². The molecule has 3 heterocycles. The van der Waals surface area contributed by atoms with Gasteiger partial charge in [-0.1, -0.05) is 0 Å². The lowest BCUT2D eigenvalue weighted by Gasteiger charge is -2.35. The molecule has 10 heteroatoms. The summed E-state index contributed by atoms with van der Waals surface area (Å²) >= 11 is 0. The highest BCUT2D eigenvalue weighted by Gasteiger charge is 2.27. The monoisotopic (exact) mass is 436 g/mol. The minimum atomic E-state index is -0.620. The highest BCUT2D eigenvalue weighted by atomic mass is 19.1. The van der Waals surface area contributed by atoms with Crippen LogP contribution in [-0.2, 0) is 12.8 Å². The minimum Gasteiger partial charge on any atom is -0.505 e. The first-order chi connectivity index (χ1) is 15.5. The molecule has 1 saturated heterocycles. The Kier molecular flexibility index (Phi) is 5.04. The van der Waals surface area contributed by atoms with Crippen LogP contribution in [0.3, 0.4) is 0 Å². The maximum Gasteiger partial charge on any atom is 0.278 e. The van der Waals surface area contributed by atoms with Crippen LogP contribution in [0.1, 0.15) is 28.2 Å². The third-order valence-electron chi connectivity index (χ3n) is 5.88. The van der Waals surface area contributed by atoms with Crippen molar-refractivity contribution in [2.75, 3.05) is 31.1 Å². The lowest BCUT2D eigenvalue weighted by Crippen LogP contribution is -2.49. The number of aryl methyl sites for hydroxylation is 2. The number of piperazine rings is 1. The molecule has 0 atom stereocenters. The summed E-state index contributed by atoms with van der Waals surface area (Å²) in [5, 5.41) is 22.9. The Morgan fingerprint density at radius 2 is 1.75 bits per heavy atom. The number of carbonyl (C=O) groups excluding carboxylic acids is 1. The fraction of sp³-hybridized carbons (Fsp3) is 0.318. The quantitative estimate of drug-likeness (QED) is 0.660. The topological polar surface area (TPSA) is 104 Å². The van der Waals surface area contributed by atoms with E-state index in [1.54, 1.807) is 4.90 Å². The van der Waals surface area contributed by atoms with Crippen molar-refractivity contribution in [1.29, 1.82) is 0 Å². The number of hydrogen-bond donors (Lipinski definition) is 1. The van der Waals surface area contributed by atoms with E-state index < -0.39 is 23.0 Å². The van der Waals surface area contributed by atoms with E-state index in [-0.39, 0.29) is 5.69 Å². The summed E-state index contributed by atoms with van der Waals surface area (Å²) in [4.78, 5) is 29.0. The minimum absolute atomic E-state index is 0.223. The molecule has 164 valence electrons. The zero-order chi connectivity index (χ0) is 22.2. The van der Waals surface area contributed by atoms with Gasteiger partial charge in [0.2, 0.25) is 0 Å². The number of aromatic hydroxyl groups is 1. The molecule has 2 aliphatic rings. The van der Waals surface area contributed by atoms with E-state index in [2.05, 4.69) is 26.3 Å². The molecule has 9 nitrogen and oxygen atoms in total. The summed E-state index contributed by atoms with van der Waals surface area (Å²) < 4.78 is 14.2. The smallest absolute Gasteiger partial charge is 0.278 e. The van der Waals surface area contributed by atoms with Gasteiger partial charge in [0.15, 0.2) is 17.3 Å². The Morgan fingerprint density at radius 3 is 2.50 bits per heavy atom. The molecule has 0 radical (unpaired) electrons. The Bertz CT molecular complexity index is 1240. The number of aromatic nitrogens is 4. The normalized spacial score (nSPS) is 15.7. The molecule has 0 bridgehead atoms. The van der Waals surface area contributed by atoms with Crippen LogP contribution in [0.5, 0.6) is 5.75 Å². The van der Waals surface area contributed by atoms with E-state index in [0.717, 1.165) is 41.5 Å². The molecule has 1 aromatic carbocycles. The van der Waals surface area contributed by atoms with Crippen molar-refractivity contribution in [3.63, 3.8) is 0 Å². The number of benzene rings is 1. The first-order valence-corrected chi connectivity index (χ1v) is 10.5. The van der Waals surface area contributed by atoms with Gasteiger partial charge >= 0.3 is 0 Å². The van der Waals surface area contributed by atoms with Crippen LogP contribution < -0.4 is 10.5 Å². The Labute approximate surface area is 182 Å². The summed E-state index contributed by atoms with van der Waals surface area (Å²) in [7, 11) is 0. The zero-order valence-electron chi connectivity index (χ0n) is 17.2. The summed E-state index contributed by atoms with van der Waals surface area (Å²) in [6, 6.07) is 8.17. The Hall–Kier alpha value is -3.82. The second-order valence-electron chi connectivity index (χ2n) is 7.91. The van der Waals surface area contributed by atoms with Crippen molar-refractivity contribution in [2.24, 2.45) is 0 Å². The lowest BCUT2D eigenvalue weighted by atomic mass is 10.2. The number of carbonyl (C=O) groups is 1. The molecule has 5 rings (SSSR count). The third-order valence-corrected chi connectivity index (χ3v) is 5.88. The van der Waals surface area contributed by atoms with E-state index >= 15 is 0 Å². The lowest BCUT2D eigenvalue weighted by molar-refractivity contribution is 0.0735. The van der Waals surface area contributed by atoms with Gasteiger partial charge < -0.3 is 14.9 Å². The maximum absolute atomic E-state index is 13.2. The average molecular weight is 436 g/mol. The largest absolute Gasteiger partial charge is 0.505 e. The molecular weight excluding hydrogens is 415 g/mol. The summed E-state index contributed by atoms with van der Waals surface area (Å²) in [5.74, 6) is -0.602. The Morgan fingerprint density at radius 1 is 1.00 bits per heavy atom. The van der Waals surface area contributed by atoms with Crippen molar-refractivity contribution >= 4 is 11.7 Å². The summed E-state index contributed by atoms with van der Waals surface area (Å²) in [6.45, 7) is 1.96. The SMILES string of the molecule is O=C(c1nn(-c2ccc(F)cc2)c(=O)cc1O)N1CCN(c2cc3c(nn2)CCC3)CC1. The number of hydrogen-bond acceptors (Lipinski definition) is 7. The first kappa shape index (κ1) is 20.1. The molecule has 0 unspecified atom stereocenters. The third kappa shape index (κ3) is 3.68. The Balaban J connectivity index is 1.33. The molecule has 3 aromatic rings. The van der Waals surface area contributed by atoms with Gasteiger partial charge in [0.25, 0.3) is 11.5 Å². The second-order valence-corrected chi connectivity index (χ2v) is 7.91. The molecule has 2 aromatic heterocycles. The fourth-order valence-corrected chi connectivity index (χ4v) is 4.13. The molecule has 1 aliphatic heterocycles. The molecule has 1 fully saturated rings. The number of amides is 1. The number of fused-ring (bicyclic) bond motifs is 1. The number of rotatable bonds is 3. The average Bonchev–Trinajstić information content (AvgIpc) is 3.28. The standard InChI is InChI=1S/C22H21FN6O3/c23-15-4-6-16(7-5-15)29-20(31)13-18(30)21(26-29)22(32)28-10-8-27(9-11-28)19-12-14-2-1-3-17(14)24-25-19/h4-7,12-13,30H,1-3,8-11H2. The van der Waals surface area contributed by atoms with Crippen molar-refractivity contribution in [3.8, 4) is 11.4 Å². The predicted molar refractivity (Wildman–Crippen MR) is 114 cm³/mol. The van der Waals surface area contributed by atoms with Gasteiger partial charge in [0.1, 0.15) is 5.82 Å². The van der Waals surface area contributed by atoms with E-state index in [0.29, 0.717) is 31.9 Å². The van der Waals surface area contributed by atoms with Gasteiger partial charge in [-0.15, -0.1) is 5.10 Å². The van der Waals surface area contributed by atoms with Gasteiger partial charge in [-0.05, 0) is 55.2 Å². The summed E-state index contributed by atoms with van der Waals surface area (Å²) in [6.07, 6.45) is 3.10. The first-order valence-electron chi connectivity index (χ1n) is 10.5. The van der Waals surface area contributed by atoms with Crippen LogP contribution in [-0.4, -0.2) is 62.1 Å². The highest BCUT2D eigenvalue weighted by molar-refractivity contribution is 5.94. The second kappa shape index (κ2) is 8.03. The van der Waals surface area contributed by atoms with Crippen molar-refractivity contribution in [1.82, 2.24) is 24.9 Å². The van der Waals surface area contributed by atoms with Gasteiger partial charge in [-0.3, -0.25) is 9.59 Å². The van der Waals surface area contributed by atoms with Gasteiger partial charge in [0.05, 0.1) is 11.4 Å². The molecule has 1 aliphatic carbocycles. The molecular formula is C22H21FN6O3. The zero-order valence-corrected chi connectivity index (χ0v) is 17.2. The maximum atomic E-state index is 13.2. The van der Waals surface area contributed by atoms with E-state index in [9.17, 15) is 19.1 Å². The predicted octanol–water partition coefficient (Wildman–Crippen LogP) is 1.32. The molecule has 0 saturated carbocycles. The van der Waals surface area contributed by atoms with Crippen LogP contribution in [0.2, 0.25) is 0 Å². The number of halogens is 1. The molecule has 1 amide bonds. The number of nitrogens with zero attached hydrogens (tertiary/aromatic N) is 6. The molecule has 0 spiro atoms. The highest BCUT2D eigenvalue weighted by Crippen LogP contribution is 2.24. The van der Waals surface area contributed by atoms with Crippen molar-refractivity contribution in [3.05, 3.63) is 69.5 Å². The summed E-state index contributed by atoms with van der Waals surface area (Å²) in [5.41, 5.74) is 1.77. The van der Waals surface area contributed by atoms with E-state index in [4.69, 9.17) is 0 Å². The number of anilines is 1. The molecule has 32 heavy (non-hydrogen) atoms. The van der Waals surface area contributed by atoms with Crippen molar-refractivity contribution < 1.29 is 14.3 Å². The fourth-order valence-electron chi connectivity index (χ4n) is 4.13. The van der Waals surface area contributed by atoms with E-state index in [1.807, 2.05) is 0 Å². The van der Waals surface area contributed by atoms with Crippen LogP contribution in [0.4, 0.5) is 10.2 Å². The van der Waals surface area contributed by atoms with Gasteiger partial charge in [-0.25, -0.2) is 4.39 Å². The van der Waals surface area contributed by atoms with Crippen LogP contribution >= 0.6 is 0 Å². The molecule has 1 N–H and O–H groups in total. The van der Waals surface area contributed by atoms with Crippen molar-refractivity contribution in [2.45, 2.75) is 19.3 Å². The van der Waals surface area contributed by atoms with Crippen LogP contribution in [0.25, 0.3) is 5.69 Å². The van der Waals surface area contributed by atoms with Gasteiger partial charge in [-0.2, -0.15) is 14.9 Å². The van der Waals surface area contributed by atoms with Crippen LogP contribution in [0, 0.1) is 5.82 Å². The van der Waals surface area contributed by atoms with E-state index in [1.165, 1.54) is 29.8 Å². The van der Waals surface area contributed by atoms with Gasteiger partial charge in [0, 0.05) is 32.2 Å².